The van der Waals surface area contributed by atoms with Crippen molar-refractivity contribution >= 4 is 22.8 Å². The molecular weight excluding hydrogens is 416 g/mol. The molecule has 2 heterocycles. The Bertz CT molecular complexity index is 1130. The van der Waals surface area contributed by atoms with E-state index in [1.807, 2.05) is 19.9 Å². The molecule has 0 saturated heterocycles. The van der Waals surface area contributed by atoms with Crippen LogP contribution in [0.1, 0.15) is 35.3 Å². The molecule has 31 heavy (non-hydrogen) atoms. The Morgan fingerprint density at radius 1 is 1.26 bits per heavy atom. The van der Waals surface area contributed by atoms with Crippen LogP contribution in [0.3, 0.4) is 0 Å². The van der Waals surface area contributed by atoms with Gasteiger partial charge in [-0.25, -0.2) is 9.19 Å². The van der Waals surface area contributed by atoms with Gasteiger partial charge in [0.05, 0.1) is 4.90 Å². The average molecular weight is 439 g/mol. The molecule has 1 aromatic heterocycles. The fourth-order valence-corrected chi connectivity index (χ4v) is 3.71. The molecule has 1 aliphatic heterocycles. The molecule has 160 valence electrons. The molecule has 0 saturated carbocycles. The van der Waals surface area contributed by atoms with Gasteiger partial charge in [0.15, 0.2) is 11.1 Å². The first-order chi connectivity index (χ1) is 14.9. The molecule has 3 aromatic rings. The maximum atomic E-state index is 12.9. The molecule has 0 fully saturated rings. The van der Waals surface area contributed by atoms with Crippen molar-refractivity contribution in [2.24, 2.45) is 0 Å². The normalized spacial score (nSPS) is 15.6. The van der Waals surface area contributed by atoms with Crippen molar-refractivity contribution in [2.75, 3.05) is 5.32 Å². The van der Waals surface area contributed by atoms with E-state index in [0.29, 0.717) is 35.1 Å². The van der Waals surface area contributed by atoms with Gasteiger partial charge in [0.25, 0.3) is 5.91 Å². The summed E-state index contributed by atoms with van der Waals surface area (Å²) in [6.07, 6.45) is 3.24. The van der Waals surface area contributed by atoms with Gasteiger partial charge in [-0.05, 0) is 61.4 Å². The summed E-state index contributed by atoms with van der Waals surface area (Å²) in [5.74, 6) is 1.76. The number of aryl methyl sites for hydroxylation is 1. The number of nitrogens with zero attached hydrogens (tertiary/aromatic N) is 1. The quantitative estimate of drug-likeness (QED) is 0.546. The SMILES string of the molecule is CCc1ccc(NC(=O)c2cc(Oc3ccc(S(=O)O)cc3)c3c(c2)OC(C)C3)nc1. The minimum atomic E-state index is -2.05. The highest BCUT2D eigenvalue weighted by atomic mass is 32.2. The van der Waals surface area contributed by atoms with Gasteiger partial charge in [-0.3, -0.25) is 4.79 Å². The third kappa shape index (κ3) is 4.76. The largest absolute Gasteiger partial charge is 0.490 e. The summed E-state index contributed by atoms with van der Waals surface area (Å²) in [5.41, 5.74) is 2.35. The summed E-state index contributed by atoms with van der Waals surface area (Å²) in [4.78, 5) is 17.4. The van der Waals surface area contributed by atoms with E-state index in [0.717, 1.165) is 17.5 Å². The topological polar surface area (TPSA) is 97.8 Å². The molecule has 1 amide bonds. The summed E-state index contributed by atoms with van der Waals surface area (Å²) in [5, 5.41) is 2.80. The van der Waals surface area contributed by atoms with Crippen molar-refractivity contribution in [1.82, 2.24) is 4.98 Å². The van der Waals surface area contributed by atoms with E-state index in [9.17, 15) is 13.6 Å². The van der Waals surface area contributed by atoms with Gasteiger partial charge in [-0.2, -0.15) is 0 Å². The maximum Gasteiger partial charge on any atom is 0.257 e. The molecule has 0 spiro atoms. The molecule has 0 bridgehead atoms. The standard InChI is InChI=1S/C23H22N2O5S/c1-3-15-4-9-22(24-13-15)25-23(26)16-11-20-19(10-14(2)29-20)21(12-16)30-17-5-7-18(8-6-17)31(27)28/h4-9,11-14H,3,10H2,1-2H3,(H,27,28)(H,24,25,26). The molecule has 4 rings (SSSR count). The third-order valence-electron chi connectivity index (χ3n) is 4.98. The predicted molar refractivity (Wildman–Crippen MR) is 117 cm³/mol. The van der Waals surface area contributed by atoms with Gasteiger partial charge < -0.3 is 19.3 Å². The van der Waals surface area contributed by atoms with Gasteiger partial charge in [-0.1, -0.05) is 13.0 Å². The lowest BCUT2D eigenvalue weighted by molar-refractivity contribution is 0.102. The van der Waals surface area contributed by atoms with Crippen LogP contribution < -0.4 is 14.8 Å². The molecule has 1 aliphatic rings. The second kappa shape index (κ2) is 8.87. The lowest BCUT2D eigenvalue weighted by Gasteiger charge is -2.12. The molecule has 2 N–H and O–H groups in total. The van der Waals surface area contributed by atoms with Crippen LogP contribution in [-0.2, 0) is 23.9 Å². The Kier molecular flexibility index (Phi) is 6.01. The fraction of sp³-hybridized carbons (Fsp3) is 0.217. The van der Waals surface area contributed by atoms with Crippen LogP contribution in [0.4, 0.5) is 5.82 Å². The van der Waals surface area contributed by atoms with E-state index in [-0.39, 0.29) is 16.9 Å². The van der Waals surface area contributed by atoms with Crippen molar-refractivity contribution in [3.05, 3.63) is 71.4 Å². The Hall–Kier alpha value is -3.23. The number of hydrogen-bond donors (Lipinski definition) is 2. The molecule has 0 aliphatic carbocycles. The second-order valence-corrected chi connectivity index (χ2v) is 8.24. The van der Waals surface area contributed by atoms with Crippen molar-refractivity contribution in [1.29, 1.82) is 0 Å². The van der Waals surface area contributed by atoms with Crippen LogP contribution in [0.5, 0.6) is 17.2 Å². The molecule has 0 radical (unpaired) electrons. The zero-order chi connectivity index (χ0) is 22.0. The monoisotopic (exact) mass is 438 g/mol. The van der Waals surface area contributed by atoms with E-state index in [2.05, 4.69) is 10.3 Å². The van der Waals surface area contributed by atoms with Crippen molar-refractivity contribution in [3.8, 4) is 17.2 Å². The van der Waals surface area contributed by atoms with E-state index in [1.54, 1.807) is 36.5 Å². The first-order valence-corrected chi connectivity index (χ1v) is 11.0. The predicted octanol–water partition coefficient (Wildman–Crippen LogP) is 4.59. The van der Waals surface area contributed by atoms with Crippen LogP contribution in [0.15, 0.2) is 59.6 Å². The highest BCUT2D eigenvalue weighted by molar-refractivity contribution is 7.79. The molecule has 7 nitrogen and oxygen atoms in total. The first kappa shape index (κ1) is 21.0. The Morgan fingerprint density at radius 3 is 2.68 bits per heavy atom. The average Bonchev–Trinajstić information content (AvgIpc) is 3.15. The fourth-order valence-electron chi connectivity index (χ4n) is 3.34. The number of carbonyl (C=O) groups is 1. The Labute approximate surface area is 182 Å². The van der Waals surface area contributed by atoms with Crippen molar-refractivity contribution in [2.45, 2.75) is 37.7 Å². The summed E-state index contributed by atoms with van der Waals surface area (Å²) in [6, 6.07) is 13.3. The van der Waals surface area contributed by atoms with Gasteiger partial charge in [0.2, 0.25) is 0 Å². The number of pyridine rings is 1. The van der Waals surface area contributed by atoms with Crippen LogP contribution in [-0.4, -0.2) is 25.8 Å². The summed E-state index contributed by atoms with van der Waals surface area (Å²) in [7, 11) is 0. The summed E-state index contributed by atoms with van der Waals surface area (Å²) >= 11 is -2.05. The molecular formula is C23H22N2O5S. The van der Waals surface area contributed by atoms with Gasteiger partial charge in [0, 0.05) is 23.7 Å². The minimum Gasteiger partial charge on any atom is -0.490 e. The van der Waals surface area contributed by atoms with Gasteiger partial charge in [0.1, 0.15) is 29.2 Å². The number of ether oxygens (including phenoxy) is 2. The number of aromatic nitrogens is 1. The maximum absolute atomic E-state index is 12.9. The lowest BCUT2D eigenvalue weighted by atomic mass is 10.1. The highest BCUT2D eigenvalue weighted by Crippen LogP contribution is 2.39. The van der Waals surface area contributed by atoms with E-state index >= 15 is 0 Å². The zero-order valence-electron chi connectivity index (χ0n) is 17.1. The van der Waals surface area contributed by atoms with Gasteiger partial charge in [-0.15, -0.1) is 0 Å². The van der Waals surface area contributed by atoms with Crippen LogP contribution in [0.25, 0.3) is 0 Å². The second-order valence-electron chi connectivity index (χ2n) is 7.27. The van der Waals surface area contributed by atoms with E-state index in [1.165, 1.54) is 12.1 Å². The van der Waals surface area contributed by atoms with Crippen LogP contribution >= 0.6 is 0 Å². The Morgan fingerprint density at radius 2 is 2.03 bits per heavy atom. The minimum absolute atomic E-state index is 0.0295. The number of nitrogens with one attached hydrogen (secondary N) is 1. The summed E-state index contributed by atoms with van der Waals surface area (Å²) in [6.45, 7) is 3.99. The van der Waals surface area contributed by atoms with E-state index < -0.39 is 11.1 Å². The van der Waals surface area contributed by atoms with Crippen molar-refractivity contribution in [3.63, 3.8) is 0 Å². The van der Waals surface area contributed by atoms with Gasteiger partial charge >= 0.3 is 0 Å². The van der Waals surface area contributed by atoms with Crippen molar-refractivity contribution < 1.29 is 23.0 Å². The third-order valence-corrected chi connectivity index (χ3v) is 5.65. The number of fused-ring (bicyclic) bond motifs is 1. The Balaban J connectivity index is 1.61. The number of anilines is 1. The molecule has 2 aromatic carbocycles. The van der Waals surface area contributed by atoms with Crippen LogP contribution in [0, 0.1) is 0 Å². The number of amides is 1. The smallest absolute Gasteiger partial charge is 0.257 e. The first-order valence-electron chi connectivity index (χ1n) is 9.91. The van der Waals surface area contributed by atoms with Crippen LogP contribution in [0.2, 0.25) is 0 Å². The number of benzene rings is 2. The molecule has 2 unspecified atom stereocenters. The molecule has 2 atom stereocenters. The number of rotatable bonds is 6. The number of hydrogen-bond acceptors (Lipinski definition) is 5. The highest BCUT2D eigenvalue weighted by Gasteiger charge is 2.26. The summed E-state index contributed by atoms with van der Waals surface area (Å²) < 4.78 is 32.2. The molecule has 8 heteroatoms. The number of carbonyl (C=O) groups excluding carboxylic acids is 1. The van der Waals surface area contributed by atoms with E-state index in [4.69, 9.17) is 9.47 Å². The lowest BCUT2D eigenvalue weighted by Crippen LogP contribution is -2.13. The zero-order valence-corrected chi connectivity index (χ0v) is 17.9.